The number of hydrogen-bond acceptors (Lipinski definition) is 6. The highest BCUT2D eigenvalue weighted by atomic mass is 16.2. The van der Waals surface area contributed by atoms with Crippen LogP contribution in [0.3, 0.4) is 0 Å². The Hall–Kier alpha value is -2.46. The van der Waals surface area contributed by atoms with E-state index in [4.69, 9.17) is 0 Å². The van der Waals surface area contributed by atoms with Gasteiger partial charge < -0.3 is 29.8 Å². The maximum atomic E-state index is 13.3. The highest BCUT2D eigenvalue weighted by Crippen LogP contribution is 2.23. The average molecular weight is 635 g/mol. The zero-order valence-electron chi connectivity index (χ0n) is 30.3. The van der Waals surface area contributed by atoms with Crippen LogP contribution in [0, 0.1) is 11.8 Å². The molecule has 0 aromatic rings. The van der Waals surface area contributed by atoms with E-state index in [0.717, 1.165) is 38.0 Å². The molecule has 260 valence electrons. The largest absolute Gasteiger partial charge is 0.350 e. The average Bonchev–Trinajstić information content (AvgIpc) is 3.51. The lowest BCUT2D eigenvalue weighted by Crippen LogP contribution is -2.54. The fourth-order valence-electron chi connectivity index (χ4n) is 5.92. The number of hydrogen-bond donors (Lipinski definition) is 1. The van der Waals surface area contributed by atoms with Gasteiger partial charge in [-0.2, -0.15) is 0 Å². The van der Waals surface area contributed by atoms with Crippen molar-refractivity contribution in [1.29, 1.82) is 0 Å². The van der Waals surface area contributed by atoms with E-state index in [9.17, 15) is 19.2 Å². The number of carbonyl (C=O) groups is 4. The first-order chi connectivity index (χ1) is 21.2. The van der Waals surface area contributed by atoms with E-state index in [1.54, 1.807) is 23.8 Å². The topological polar surface area (TPSA) is 96.5 Å². The summed E-state index contributed by atoms with van der Waals surface area (Å²) in [6.07, 6.45) is 8.08. The normalized spacial score (nSPS) is 20.3. The molecular formula is C35H66N6O4. The minimum atomic E-state index is -0.410. The molecule has 45 heavy (non-hydrogen) atoms. The molecule has 0 saturated carbocycles. The van der Waals surface area contributed by atoms with Crippen molar-refractivity contribution >= 4 is 24.1 Å². The minimum absolute atomic E-state index is 0.0482. The SMILES string of the molecule is CC(C)C.CC(C)N1CCCCC1.CCN1CCN(C(=O)[C@@H]2CCCN2C(=O)/C(C)=C/[C@H](C(C)C)N(C)C(=O)CNC=O)CC1. The summed E-state index contributed by atoms with van der Waals surface area (Å²) in [5.41, 5.74) is 0.530. The molecule has 0 bridgehead atoms. The maximum absolute atomic E-state index is 13.3. The molecule has 3 aliphatic heterocycles. The van der Waals surface area contributed by atoms with Crippen LogP contribution in [0.5, 0.6) is 0 Å². The number of nitrogens with one attached hydrogen (secondary N) is 1. The van der Waals surface area contributed by atoms with E-state index in [-0.39, 0.29) is 36.2 Å². The molecule has 1 N–H and O–H groups in total. The van der Waals surface area contributed by atoms with Gasteiger partial charge in [0.1, 0.15) is 6.04 Å². The minimum Gasteiger partial charge on any atom is -0.350 e. The van der Waals surface area contributed by atoms with Crippen molar-refractivity contribution in [1.82, 2.24) is 29.8 Å². The summed E-state index contributed by atoms with van der Waals surface area (Å²) < 4.78 is 0. The predicted molar refractivity (Wildman–Crippen MR) is 184 cm³/mol. The van der Waals surface area contributed by atoms with Gasteiger partial charge in [-0.05, 0) is 77.9 Å². The van der Waals surface area contributed by atoms with Crippen molar-refractivity contribution in [3.05, 3.63) is 11.6 Å². The van der Waals surface area contributed by atoms with Crippen molar-refractivity contribution < 1.29 is 19.2 Å². The number of likely N-dealkylation sites (tertiary alicyclic amines) is 2. The van der Waals surface area contributed by atoms with Crippen LogP contribution < -0.4 is 5.32 Å². The summed E-state index contributed by atoms with van der Waals surface area (Å²) >= 11 is 0. The Morgan fingerprint density at radius 2 is 1.44 bits per heavy atom. The van der Waals surface area contributed by atoms with Gasteiger partial charge in [0.2, 0.25) is 24.1 Å². The third-order valence-electron chi connectivity index (χ3n) is 8.67. The van der Waals surface area contributed by atoms with Gasteiger partial charge in [-0.15, -0.1) is 0 Å². The molecule has 3 saturated heterocycles. The molecule has 0 radical (unpaired) electrons. The van der Waals surface area contributed by atoms with E-state index in [0.29, 0.717) is 38.0 Å². The van der Waals surface area contributed by atoms with Gasteiger partial charge in [0, 0.05) is 51.4 Å². The second-order valence-electron chi connectivity index (χ2n) is 13.9. The van der Waals surface area contributed by atoms with Gasteiger partial charge in [0.25, 0.3) is 0 Å². The highest BCUT2D eigenvalue weighted by Gasteiger charge is 2.38. The molecule has 4 amide bonds. The third-order valence-corrected chi connectivity index (χ3v) is 8.67. The van der Waals surface area contributed by atoms with Crippen LogP contribution in [0.15, 0.2) is 11.6 Å². The zero-order chi connectivity index (χ0) is 34.1. The molecule has 0 aliphatic carbocycles. The van der Waals surface area contributed by atoms with Gasteiger partial charge in [-0.1, -0.05) is 54.0 Å². The number of amides is 4. The fourth-order valence-corrected chi connectivity index (χ4v) is 5.92. The van der Waals surface area contributed by atoms with Crippen LogP contribution >= 0.6 is 0 Å². The molecule has 10 nitrogen and oxygen atoms in total. The van der Waals surface area contributed by atoms with Crippen LogP contribution in [0.25, 0.3) is 0 Å². The highest BCUT2D eigenvalue weighted by molar-refractivity contribution is 5.97. The van der Waals surface area contributed by atoms with E-state index in [1.807, 2.05) is 24.8 Å². The van der Waals surface area contributed by atoms with Crippen molar-refractivity contribution in [2.75, 3.05) is 66.0 Å². The van der Waals surface area contributed by atoms with E-state index in [1.165, 1.54) is 32.4 Å². The number of likely N-dealkylation sites (N-methyl/N-ethyl adjacent to an activating group) is 2. The third kappa shape index (κ3) is 14.2. The summed E-state index contributed by atoms with van der Waals surface area (Å²) in [5.74, 6) is 0.583. The molecule has 0 aromatic heterocycles. The van der Waals surface area contributed by atoms with Crippen LogP contribution in [0.2, 0.25) is 0 Å². The Balaban J connectivity index is 0.000000644. The molecular weight excluding hydrogens is 568 g/mol. The Labute approximate surface area is 274 Å². The molecule has 3 aliphatic rings. The van der Waals surface area contributed by atoms with Gasteiger partial charge in [-0.3, -0.25) is 19.2 Å². The monoisotopic (exact) mass is 635 g/mol. The zero-order valence-corrected chi connectivity index (χ0v) is 30.3. The number of rotatable bonds is 10. The molecule has 2 atom stereocenters. The first-order valence-electron chi connectivity index (χ1n) is 17.4. The number of piperazine rings is 1. The molecule has 3 heterocycles. The molecule has 3 fully saturated rings. The lowest BCUT2D eigenvalue weighted by atomic mass is 9.99. The summed E-state index contributed by atoms with van der Waals surface area (Å²) in [6, 6.07) is 0.0664. The van der Waals surface area contributed by atoms with Crippen molar-refractivity contribution in [2.45, 2.75) is 113 Å². The Morgan fingerprint density at radius 1 is 0.867 bits per heavy atom. The smallest absolute Gasteiger partial charge is 0.249 e. The van der Waals surface area contributed by atoms with Crippen molar-refractivity contribution in [2.24, 2.45) is 11.8 Å². The van der Waals surface area contributed by atoms with Crippen LogP contribution in [-0.4, -0.2) is 133 Å². The summed E-state index contributed by atoms with van der Waals surface area (Å²) in [5, 5.41) is 2.39. The fraction of sp³-hybridized carbons (Fsp3) is 0.829. The second-order valence-corrected chi connectivity index (χ2v) is 13.9. The first-order valence-corrected chi connectivity index (χ1v) is 17.4. The Morgan fingerprint density at radius 3 is 1.91 bits per heavy atom. The van der Waals surface area contributed by atoms with Gasteiger partial charge in [0.15, 0.2) is 0 Å². The van der Waals surface area contributed by atoms with Crippen LogP contribution in [-0.2, 0) is 19.2 Å². The predicted octanol–water partition coefficient (Wildman–Crippen LogP) is 3.86. The van der Waals surface area contributed by atoms with Gasteiger partial charge >= 0.3 is 0 Å². The van der Waals surface area contributed by atoms with E-state index < -0.39 is 6.04 Å². The van der Waals surface area contributed by atoms with Gasteiger partial charge in [0.05, 0.1) is 12.6 Å². The van der Waals surface area contributed by atoms with Crippen molar-refractivity contribution in [3.8, 4) is 0 Å². The molecule has 10 heteroatoms. The summed E-state index contributed by atoms with van der Waals surface area (Å²) in [6.45, 7) is 26.2. The number of piperidine rings is 1. The molecule has 3 rings (SSSR count). The summed E-state index contributed by atoms with van der Waals surface area (Å²) in [4.78, 5) is 59.3. The Bertz CT molecular complexity index is 920. The van der Waals surface area contributed by atoms with Gasteiger partial charge in [-0.25, -0.2) is 0 Å². The lowest BCUT2D eigenvalue weighted by molar-refractivity contribution is -0.143. The number of carbonyl (C=O) groups excluding carboxylic acids is 4. The maximum Gasteiger partial charge on any atom is 0.249 e. The summed E-state index contributed by atoms with van der Waals surface area (Å²) in [7, 11) is 1.67. The van der Waals surface area contributed by atoms with Crippen LogP contribution in [0.4, 0.5) is 0 Å². The number of nitrogens with zero attached hydrogens (tertiary/aromatic N) is 5. The standard InChI is InChI=1S/C23H39N5O4.C8H17N.C4H10/c1-6-26-10-12-27(13-11-26)23(32)19-8-7-9-28(19)22(31)18(4)14-20(17(2)3)25(5)21(30)15-24-16-29;1-8(2)9-6-4-3-5-7-9;1-4(2)3/h14,16-17,19-20H,6-13,15H2,1-5H3,(H,24,29);8H,3-7H2,1-2H3;4H,1-3H3/b18-14+;;/t19-,20+;;/m0../s1. The Kier molecular flexibility index (Phi) is 19.3. The molecule has 0 aromatic carbocycles. The van der Waals surface area contributed by atoms with Crippen LogP contribution in [0.1, 0.15) is 94.4 Å². The quantitative estimate of drug-likeness (QED) is 0.290. The molecule has 0 spiro atoms. The second kappa shape index (κ2) is 21.4. The van der Waals surface area contributed by atoms with E-state index in [2.05, 4.69) is 56.7 Å². The molecule has 0 unspecified atom stereocenters. The lowest BCUT2D eigenvalue weighted by Gasteiger charge is -2.37. The first kappa shape index (κ1) is 40.6. The van der Waals surface area contributed by atoms with Crippen molar-refractivity contribution in [3.63, 3.8) is 0 Å². The van der Waals surface area contributed by atoms with E-state index >= 15 is 0 Å².